The Morgan fingerprint density at radius 3 is 2.82 bits per heavy atom. The summed E-state index contributed by atoms with van der Waals surface area (Å²) >= 11 is 1.55. The van der Waals surface area contributed by atoms with Crippen LogP contribution in [0, 0.1) is 6.92 Å². The van der Waals surface area contributed by atoms with E-state index >= 15 is 0 Å². The van der Waals surface area contributed by atoms with Crippen molar-refractivity contribution in [1.82, 2.24) is 15.2 Å². The zero-order valence-corrected chi connectivity index (χ0v) is 19.9. The average molecular weight is 476 g/mol. The number of nitrogens with zero attached hydrogens (tertiary/aromatic N) is 2. The van der Waals surface area contributed by atoms with Crippen LogP contribution in [0.3, 0.4) is 0 Å². The van der Waals surface area contributed by atoms with Gasteiger partial charge in [0.05, 0.1) is 5.56 Å². The van der Waals surface area contributed by atoms with Crippen molar-refractivity contribution < 1.29 is 19.1 Å². The summed E-state index contributed by atoms with van der Waals surface area (Å²) in [5.74, 6) is 1.11. The maximum absolute atomic E-state index is 13.1. The largest absolute Gasteiger partial charge is 0.454 e. The van der Waals surface area contributed by atoms with E-state index in [9.17, 15) is 9.59 Å². The molecule has 174 valence electrons. The molecule has 0 saturated carbocycles. The Hall–Kier alpha value is -3.52. The molecule has 0 aliphatic carbocycles. The van der Waals surface area contributed by atoms with E-state index in [1.54, 1.807) is 30.0 Å². The van der Waals surface area contributed by atoms with Crippen LogP contribution in [0.1, 0.15) is 43.1 Å². The van der Waals surface area contributed by atoms with Crippen molar-refractivity contribution in [3.8, 4) is 11.5 Å². The number of ether oxygens (including phenoxy) is 2. The predicted octanol–water partition coefficient (Wildman–Crippen LogP) is 3.97. The van der Waals surface area contributed by atoms with Crippen LogP contribution in [0.5, 0.6) is 11.5 Å². The number of carbonyl (C=O) groups is 2. The molecule has 0 spiro atoms. The van der Waals surface area contributed by atoms with Gasteiger partial charge in [-0.2, -0.15) is 0 Å². The van der Waals surface area contributed by atoms with Crippen molar-refractivity contribution in [1.29, 1.82) is 0 Å². The number of nitrogens with one attached hydrogen (secondary N) is 1. The zero-order valence-electron chi connectivity index (χ0n) is 19.1. The minimum atomic E-state index is -0.0997. The molecule has 34 heavy (non-hydrogen) atoms. The Bertz CT molecular complexity index is 1280. The lowest BCUT2D eigenvalue weighted by Gasteiger charge is -2.30. The number of benzene rings is 2. The number of thioether (sulfide) groups is 1. The predicted molar refractivity (Wildman–Crippen MR) is 129 cm³/mol. The molecule has 0 radical (unpaired) electrons. The van der Waals surface area contributed by atoms with Gasteiger partial charge in [0, 0.05) is 42.0 Å². The summed E-state index contributed by atoms with van der Waals surface area (Å²) in [6, 6.07) is 12.9. The van der Waals surface area contributed by atoms with Crippen molar-refractivity contribution in [2.45, 2.75) is 31.3 Å². The minimum Gasteiger partial charge on any atom is -0.454 e. The average Bonchev–Trinajstić information content (AvgIpc) is 3.35. The zero-order chi connectivity index (χ0) is 23.7. The highest BCUT2D eigenvalue weighted by Gasteiger charge is 2.26. The summed E-state index contributed by atoms with van der Waals surface area (Å²) < 4.78 is 10.8. The second-order valence-electron chi connectivity index (χ2n) is 8.25. The van der Waals surface area contributed by atoms with E-state index in [0.717, 1.165) is 21.7 Å². The molecule has 2 aliphatic rings. The molecule has 2 amide bonds. The monoisotopic (exact) mass is 475 g/mol. The van der Waals surface area contributed by atoms with Crippen LogP contribution in [0.15, 0.2) is 53.6 Å². The molecule has 0 bridgehead atoms. The van der Waals surface area contributed by atoms with Gasteiger partial charge in [0.25, 0.3) is 11.8 Å². The highest BCUT2D eigenvalue weighted by atomic mass is 32.2. The van der Waals surface area contributed by atoms with Crippen LogP contribution in [0.25, 0.3) is 0 Å². The number of hydrogen-bond acceptors (Lipinski definition) is 6. The third-order valence-corrected chi connectivity index (χ3v) is 7.08. The minimum absolute atomic E-state index is 0.0481. The maximum atomic E-state index is 13.1. The van der Waals surface area contributed by atoms with Gasteiger partial charge in [-0.05, 0) is 66.6 Å². The Morgan fingerprint density at radius 1 is 1.15 bits per heavy atom. The third kappa shape index (κ3) is 4.21. The van der Waals surface area contributed by atoms with Gasteiger partial charge >= 0.3 is 0 Å². The molecule has 3 heterocycles. The molecule has 8 heteroatoms. The normalized spacial score (nSPS) is 14.0. The molecule has 5 rings (SSSR count). The van der Waals surface area contributed by atoms with Crippen molar-refractivity contribution >= 4 is 23.6 Å². The highest BCUT2D eigenvalue weighted by molar-refractivity contribution is 7.98. The van der Waals surface area contributed by atoms with Crippen LogP contribution >= 0.6 is 11.8 Å². The summed E-state index contributed by atoms with van der Waals surface area (Å²) in [5.41, 5.74) is 5.36. The molecule has 2 aromatic carbocycles. The summed E-state index contributed by atoms with van der Waals surface area (Å²) in [5, 5.41) is 3.07. The molecule has 0 atom stereocenters. The van der Waals surface area contributed by atoms with Crippen molar-refractivity contribution in [2.75, 3.05) is 19.6 Å². The molecule has 2 aliphatic heterocycles. The fourth-order valence-corrected chi connectivity index (χ4v) is 5.03. The lowest BCUT2D eigenvalue weighted by molar-refractivity contribution is 0.0733. The van der Waals surface area contributed by atoms with E-state index < -0.39 is 0 Å². The Labute approximate surface area is 202 Å². The summed E-state index contributed by atoms with van der Waals surface area (Å²) in [4.78, 5) is 33.3. The molecular weight excluding hydrogens is 450 g/mol. The molecule has 0 unspecified atom stereocenters. The number of hydrogen-bond donors (Lipinski definition) is 1. The standard InChI is InChI=1S/C26H25N3O4S/c1-16-21(13-28-25(30)20-5-3-4-6-24(20)34-2)19-9-10-29(14-18(19)12-27-16)26(31)17-7-8-22-23(11-17)33-15-32-22/h3-8,11-12H,9-10,13-15H2,1-2H3,(H,28,30). The van der Waals surface area contributed by atoms with E-state index in [1.165, 1.54) is 5.56 Å². The number of fused-ring (bicyclic) bond motifs is 2. The van der Waals surface area contributed by atoms with Gasteiger partial charge in [-0.15, -0.1) is 11.8 Å². The van der Waals surface area contributed by atoms with Crippen LogP contribution < -0.4 is 14.8 Å². The van der Waals surface area contributed by atoms with Crippen molar-refractivity contribution in [3.63, 3.8) is 0 Å². The van der Waals surface area contributed by atoms with Gasteiger partial charge in [-0.25, -0.2) is 0 Å². The van der Waals surface area contributed by atoms with Gasteiger partial charge in [0.1, 0.15) is 0 Å². The molecule has 0 fully saturated rings. The second-order valence-corrected chi connectivity index (χ2v) is 9.10. The fraction of sp³-hybridized carbons (Fsp3) is 0.269. The van der Waals surface area contributed by atoms with Crippen LogP contribution in [0.2, 0.25) is 0 Å². The fourth-order valence-electron chi connectivity index (χ4n) is 4.44. The summed E-state index contributed by atoms with van der Waals surface area (Å²) in [7, 11) is 0. The first-order valence-corrected chi connectivity index (χ1v) is 12.3. The van der Waals surface area contributed by atoms with Gasteiger partial charge in [0.15, 0.2) is 11.5 Å². The first-order valence-electron chi connectivity index (χ1n) is 11.1. The lowest BCUT2D eigenvalue weighted by atomic mass is 9.94. The SMILES string of the molecule is CSc1ccccc1C(=O)NCc1c(C)ncc2c1CCN(C(=O)c1ccc3c(c1)OCO3)C2. The smallest absolute Gasteiger partial charge is 0.254 e. The number of aromatic nitrogens is 1. The molecule has 1 N–H and O–H groups in total. The summed E-state index contributed by atoms with van der Waals surface area (Å²) in [6.45, 7) is 3.62. The van der Waals surface area contributed by atoms with Crippen molar-refractivity contribution in [3.05, 3.63) is 82.2 Å². The first kappa shape index (κ1) is 22.3. The molecule has 7 nitrogen and oxygen atoms in total. The lowest BCUT2D eigenvalue weighted by Crippen LogP contribution is -2.37. The quantitative estimate of drug-likeness (QED) is 0.563. The number of pyridine rings is 1. The molecule has 0 saturated heterocycles. The van der Waals surface area contributed by atoms with Gasteiger partial charge in [-0.1, -0.05) is 12.1 Å². The van der Waals surface area contributed by atoms with Crippen LogP contribution in [-0.2, 0) is 19.5 Å². The molecule has 3 aromatic rings. The van der Waals surface area contributed by atoms with Crippen LogP contribution in [-0.4, -0.2) is 41.3 Å². The van der Waals surface area contributed by atoms with Crippen LogP contribution in [0.4, 0.5) is 0 Å². The van der Waals surface area contributed by atoms with Crippen molar-refractivity contribution in [2.24, 2.45) is 0 Å². The Balaban J connectivity index is 1.32. The second kappa shape index (κ2) is 9.38. The Morgan fingerprint density at radius 2 is 1.97 bits per heavy atom. The van der Waals surface area contributed by atoms with Gasteiger partial charge in [-0.3, -0.25) is 14.6 Å². The summed E-state index contributed by atoms with van der Waals surface area (Å²) in [6.07, 6.45) is 4.52. The number of carbonyl (C=O) groups excluding carboxylic acids is 2. The Kier molecular flexibility index (Phi) is 6.15. The molecule has 1 aromatic heterocycles. The van der Waals surface area contributed by atoms with Gasteiger partial charge in [0.2, 0.25) is 6.79 Å². The van der Waals surface area contributed by atoms with E-state index in [-0.39, 0.29) is 18.6 Å². The molecular formula is C26H25N3O4S. The highest BCUT2D eigenvalue weighted by Crippen LogP contribution is 2.33. The number of rotatable bonds is 5. The number of amides is 2. The van der Waals surface area contributed by atoms with E-state index in [1.807, 2.05) is 48.5 Å². The topological polar surface area (TPSA) is 80.8 Å². The van der Waals surface area contributed by atoms with Gasteiger partial charge < -0.3 is 19.7 Å². The van der Waals surface area contributed by atoms with E-state index in [4.69, 9.17) is 9.47 Å². The maximum Gasteiger partial charge on any atom is 0.254 e. The third-order valence-electron chi connectivity index (χ3n) is 6.28. The number of aryl methyl sites for hydroxylation is 1. The first-order chi connectivity index (χ1) is 16.5. The van der Waals surface area contributed by atoms with E-state index in [2.05, 4.69) is 10.3 Å². The van der Waals surface area contributed by atoms with E-state index in [0.29, 0.717) is 48.7 Å².